The van der Waals surface area contributed by atoms with Gasteiger partial charge in [-0.25, -0.2) is 9.59 Å². The summed E-state index contributed by atoms with van der Waals surface area (Å²) in [6.45, 7) is 2.90. The molecule has 2 heterocycles. The van der Waals surface area contributed by atoms with Crippen LogP contribution in [0, 0.1) is 0 Å². The highest BCUT2D eigenvalue weighted by molar-refractivity contribution is 6.33. The molecule has 24 heavy (non-hydrogen) atoms. The number of halogens is 1. The number of urea groups is 1. The second kappa shape index (κ2) is 6.99. The summed E-state index contributed by atoms with van der Waals surface area (Å²) in [7, 11) is 1.29. The third kappa shape index (κ3) is 3.35. The van der Waals surface area contributed by atoms with E-state index in [1.165, 1.54) is 26.0 Å². The predicted molar refractivity (Wildman–Crippen MR) is 92.6 cm³/mol. The zero-order valence-corrected chi connectivity index (χ0v) is 14.5. The molecule has 7 heteroatoms. The van der Waals surface area contributed by atoms with Crippen LogP contribution >= 0.6 is 11.6 Å². The Bertz CT molecular complexity index is 640. The van der Waals surface area contributed by atoms with Crippen LogP contribution < -0.4 is 10.6 Å². The van der Waals surface area contributed by atoms with Crippen LogP contribution in [0.3, 0.4) is 0 Å². The number of carbonyl (C=O) groups is 2. The van der Waals surface area contributed by atoms with E-state index in [4.69, 9.17) is 11.6 Å². The molecule has 0 saturated carbocycles. The van der Waals surface area contributed by atoms with Crippen molar-refractivity contribution in [1.29, 1.82) is 0 Å². The van der Waals surface area contributed by atoms with Gasteiger partial charge in [-0.3, -0.25) is 4.90 Å². The molecule has 0 radical (unpaired) electrons. The number of amides is 2. The summed E-state index contributed by atoms with van der Waals surface area (Å²) in [5.41, 5.74) is 0.868. The molecular weight excluding hydrogens is 330 g/mol. The lowest BCUT2D eigenvalue weighted by Gasteiger charge is -2.32. The van der Waals surface area contributed by atoms with Gasteiger partial charge in [-0.2, -0.15) is 0 Å². The molecule has 0 aromatic heterocycles. The molecule has 0 unspecified atom stereocenters. The van der Waals surface area contributed by atoms with Crippen LogP contribution in [0.4, 0.5) is 10.5 Å². The molecule has 2 fully saturated rings. The third-order valence-electron chi connectivity index (χ3n) is 5.02. The number of nitrogens with zero attached hydrogens (tertiary/aromatic N) is 1. The molecule has 2 saturated heterocycles. The normalized spacial score (nSPS) is 18.9. The van der Waals surface area contributed by atoms with Gasteiger partial charge in [-0.1, -0.05) is 11.6 Å². The molecule has 2 aliphatic heterocycles. The summed E-state index contributed by atoms with van der Waals surface area (Å²) in [6.07, 6.45) is 4.67. The van der Waals surface area contributed by atoms with E-state index < -0.39 is 5.97 Å². The number of fused-ring (bicyclic) bond motifs is 1. The van der Waals surface area contributed by atoms with E-state index in [0.29, 0.717) is 17.3 Å². The summed E-state index contributed by atoms with van der Waals surface area (Å²) in [5.74, 6) is -0.532. The van der Waals surface area contributed by atoms with E-state index >= 15 is 0 Å². The van der Waals surface area contributed by atoms with E-state index in [2.05, 4.69) is 20.3 Å². The van der Waals surface area contributed by atoms with Gasteiger partial charge in [-0.15, -0.1) is 0 Å². The molecule has 2 N–H and O–H groups in total. The van der Waals surface area contributed by atoms with Crippen LogP contribution in [-0.4, -0.2) is 49.2 Å². The lowest BCUT2D eigenvalue weighted by molar-refractivity contribution is 0.0601. The van der Waals surface area contributed by atoms with E-state index in [-0.39, 0.29) is 17.1 Å². The summed E-state index contributed by atoms with van der Waals surface area (Å²) in [6, 6.07) is 4.46. The quantitative estimate of drug-likeness (QED) is 0.818. The van der Waals surface area contributed by atoms with Crippen LogP contribution in [0.15, 0.2) is 18.2 Å². The second-order valence-corrected chi connectivity index (χ2v) is 6.82. The molecule has 6 nitrogen and oxygen atoms in total. The van der Waals surface area contributed by atoms with Crippen molar-refractivity contribution in [3.8, 4) is 0 Å². The molecule has 130 valence electrons. The van der Waals surface area contributed by atoms with Crippen molar-refractivity contribution in [3.05, 3.63) is 28.8 Å². The van der Waals surface area contributed by atoms with Gasteiger partial charge in [0.25, 0.3) is 0 Å². The Morgan fingerprint density at radius 2 is 2.00 bits per heavy atom. The van der Waals surface area contributed by atoms with Crippen molar-refractivity contribution in [2.24, 2.45) is 0 Å². The monoisotopic (exact) mass is 351 g/mol. The minimum atomic E-state index is -0.532. The molecule has 2 aliphatic rings. The van der Waals surface area contributed by atoms with Gasteiger partial charge >= 0.3 is 12.0 Å². The zero-order valence-electron chi connectivity index (χ0n) is 13.7. The fourth-order valence-corrected chi connectivity index (χ4v) is 4.00. The lowest BCUT2D eigenvalue weighted by atomic mass is 9.94. The fraction of sp³-hybridized carbons (Fsp3) is 0.529. The van der Waals surface area contributed by atoms with Gasteiger partial charge < -0.3 is 15.4 Å². The summed E-state index contributed by atoms with van der Waals surface area (Å²) in [5, 5.41) is 6.02. The third-order valence-corrected chi connectivity index (χ3v) is 5.35. The van der Waals surface area contributed by atoms with Crippen molar-refractivity contribution >= 4 is 29.3 Å². The smallest absolute Gasteiger partial charge is 0.339 e. The number of benzene rings is 1. The van der Waals surface area contributed by atoms with E-state index in [1.807, 2.05) is 0 Å². The maximum atomic E-state index is 12.2. The molecule has 1 aromatic carbocycles. The van der Waals surface area contributed by atoms with E-state index in [9.17, 15) is 9.59 Å². The van der Waals surface area contributed by atoms with Gasteiger partial charge in [0.1, 0.15) is 0 Å². The standard InChI is InChI=1S/C17H22ClN3O3/c1-24-15(22)13-10-12(4-5-14(13)18)20-16(23)19-11-17-6-2-8-21(17)9-3-7-17/h4-5,10H,2-3,6-9,11H2,1H3,(H2,19,20,23). The van der Waals surface area contributed by atoms with Gasteiger partial charge in [-0.05, 0) is 57.0 Å². The average Bonchev–Trinajstić information content (AvgIpc) is 3.14. The van der Waals surface area contributed by atoms with Crippen molar-refractivity contribution in [1.82, 2.24) is 10.2 Å². The summed E-state index contributed by atoms with van der Waals surface area (Å²) < 4.78 is 4.68. The average molecular weight is 352 g/mol. The summed E-state index contributed by atoms with van der Waals surface area (Å²) in [4.78, 5) is 26.3. The minimum absolute atomic E-state index is 0.133. The molecule has 0 atom stereocenters. The SMILES string of the molecule is COC(=O)c1cc(NC(=O)NCC23CCCN2CCC3)ccc1Cl. The Morgan fingerprint density at radius 1 is 1.29 bits per heavy atom. The first-order valence-electron chi connectivity index (χ1n) is 8.22. The predicted octanol–water partition coefficient (Wildman–Crippen LogP) is 2.88. The van der Waals surface area contributed by atoms with Crippen molar-refractivity contribution in [2.45, 2.75) is 31.2 Å². The topological polar surface area (TPSA) is 70.7 Å². The zero-order chi connectivity index (χ0) is 17.2. The van der Waals surface area contributed by atoms with Gasteiger partial charge in [0.2, 0.25) is 0 Å². The minimum Gasteiger partial charge on any atom is -0.465 e. The molecule has 0 aliphatic carbocycles. The van der Waals surface area contributed by atoms with Crippen LogP contribution in [0.5, 0.6) is 0 Å². The number of esters is 1. The largest absolute Gasteiger partial charge is 0.465 e. The number of hydrogen-bond acceptors (Lipinski definition) is 4. The van der Waals surface area contributed by atoms with Gasteiger partial charge in [0.15, 0.2) is 0 Å². The van der Waals surface area contributed by atoms with Crippen LogP contribution in [0.1, 0.15) is 36.0 Å². The molecule has 0 spiro atoms. The number of anilines is 1. The van der Waals surface area contributed by atoms with Crippen molar-refractivity contribution < 1.29 is 14.3 Å². The number of methoxy groups -OCH3 is 1. The Morgan fingerprint density at radius 3 is 2.67 bits per heavy atom. The molecule has 0 bridgehead atoms. The number of ether oxygens (including phenoxy) is 1. The molecule has 3 rings (SSSR count). The van der Waals surface area contributed by atoms with Crippen molar-refractivity contribution in [2.75, 3.05) is 32.1 Å². The van der Waals surface area contributed by atoms with Crippen molar-refractivity contribution in [3.63, 3.8) is 0 Å². The van der Waals surface area contributed by atoms with Gasteiger partial charge in [0, 0.05) is 17.8 Å². The maximum absolute atomic E-state index is 12.2. The molecular formula is C17H22ClN3O3. The van der Waals surface area contributed by atoms with Gasteiger partial charge in [0.05, 0.1) is 17.7 Å². The second-order valence-electron chi connectivity index (χ2n) is 6.41. The fourth-order valence-electron chi connectivity index (χ4n) is 3.80. The molecule has 2 amide bonds. The highest BCUT2D eigenvalue weighted by atomic mass is 35.5. The van der Waals surface area contributed by atoms with E-state index in [0.717, 1.165) is 25.9 Å². The number of nitrogens with one attached hydrogen (secondary N) is 2. The molecule has 1 aromatic rings. The Labute approximate surface area is 146 Å². The maximum Gasteiger partial charge on any atom is 0.339 e. The first-order chi connectivity index (χ1) is 11.5. The van der Waals surface area contributed by atoms with Crippen LogP contribution in [-0.2, 0) is 4.74 Å². The lowest BCUT2D eigenvalue weighted by Crippen LogP contribution is -2.49. The first-order valence-corrected chi connectivity index (χ1v) is 8.60. The summed E-state index contributed by atoms with van der Waals surface area (Å²) >= 11 is 5.98. The highest BCUT2D eigenvalue weighted by Crippen LogP contribution is 2.38. The Balaban J connectivity index is 1.60. The number of hydrogen-bond donors (Lipinski definition) is 2. The Hall–Kier alpha value is -1.79. The number of rotatable bonds is 4. The first kappa shape index (κ1) is 17.0. The van der Waals surface area contributed by atoms with Crippen LogP contribution in [0.25, 0.3) is 0 Å². The number of carbonyl (C=O) groups excluding carboxylic acids is 2. The van der Waals surface area contributed by atoms with E-state index in [1.54, 1.807) is 12.1 Å². The highest BCUT2D eigenvalue weighted by Gasteiger charge is 2.44. The van der Waals surface area contributed by atoms with Crippen LogP contribution in [0.2, 0.25) is 5.02 Å². The Kier molecular flexibility index (Phi) is 4.96.